The third-order valence-corrected chi connectivity index (χ3v) is 2.87. The molecule has 94 valence electrons. The Bertz CT molecular complexity index is 425. The van der Waals surface area contributed by atoms with E-state index in [4.69, 9.17) is 14.7 Å². The number of benzene rings is 1. The van der Waals surface area contributed by atoms with Gasteiger partial charge in [-0.15, -0.1) is 0 Å². The number of hydrogen-bond acceptors (Lipinski definition) is 3. The van der Waals surface area contributed by atoms with Gasteiger partial charge in [0.15, 0.2) is 6.29 Å². The molecule has 0 N–H and O–H groups in total. The first-order valence-electron chi connectivity index (χ1n) is 6.28. The summed E-state index contributed by atoms with van der Waals surface area (Å²) in [4.78, 5) is 0. The largest absolute Gasteiger partial charge is 0.353 e. The van der Waals surface area contributed by atoms with Gasteiger partial charge < -0.3 is 9.47 Å². The van der Waals surface area contributed by atoms with E-state index in [2.05, 4.69) is 6.07 Å². The molecule has 0 aliphatic carbocycles. The summed E-state index contributed by atoms with van der Waals surface area (Å²) in [6.07, 6.45) is 7.24. The van der Waals surface area contributed by atoms with Gasteiger partial charge in [0.25, 0.3) is 0 Å². The van der Waals surface area contributed by atoms with E-state index in [1.165, 1.54) is 6.42 Å². The fourth-order valence-electron chi connectivity index (χ4n) is 1.86. The highest BCUT2D eigenvalue weighted by Gasteiger charge is 2.12. The molecule has 1 saturated heterocycles. The van der Waals surface area contributed by atoms with Gasteiger partial charge in [0.05, 0.1) is 18.2 Å². The Morgan fingerprint density at radius 1 is 1.33 bits per heavy atom. The van der Waals surface area contributed by atoms with Gasteiger partial charge in [-0.25, -0.2) is 0 Å². The van der Waals surface area contributed by atoms with Crippen LogP contribution in [0.2, 0.25) is 0 Å². The zero-order chi connectivity index (χ0) is 12.6. The van der Waals surface area contributed by atoms with Gasteiger partial charge >= 0.3 is 0 Å². The lowest BCUT2D eigenvalue weighted by Gasteiger charge is -2.21. The van der Waals surface area contributed by atoms with E-state index in [1.807, 2.05) is 36.4 Å². The van der Waals surface area contributed by atoms with Crippen LogP contribution in [0.3, 0.4) is 0 Å². The zero-order valence-electron chi connectivity index (χ0n) is 10.3. The lowest BCUT2D eigenvalue weighted by Crippen LogP contribution is -2.22. The van der Waals surface area contributed by atoms with Crippen molar-refractivity contribution in [2.45, 2.75) is 25.6 Å². The van der Waals surface area contributed by atoms with Crippen molar-refractivity contribution in [1.29, 1.82) is 5.26 Å². The summed E-state index contributed by atoms with van der Waals surface area (Å²) >= 11 is 0. The predicted octanol–water partition coefficient (Wildman–Crippen LogP) is 3.11. The Balaban J connectivity index is 1.74. The van der Waals surface area contributed by atoms with Crippen molar-refractivity contribution in [2.24, 2.45) is 0 Å². The Labute approximate surface area is 108 Å². The lowest BCUT2D eigenvalue weighted by atomic mass is 10.1. The van der Waals surface area contributed by atoms with E-state index in [1.54, 1.807) is 0 Å². The third kappa shape index (κ3) is 3.99. The minimum atomic E-state index is -0.0376. The smallest absolute Gasteiger partial charge is 0.157 e. The van der Waals surface area contributed by atoms with Crippen LogP contribution in [-0.2, 0) is 9.47 Å². The summed E-state index contributed by atoms with van der Waals surface area (Å²) in [5, 5.41) is 8.68. The Hall–Kier alpha value is -1.63. The number of nitrogens with zero attached hydrogens (tertiary/aromatic N) is 1. The molecule has 0 bridgehead atoms. The van der Waals surface area contributed by atoms with Gasteiger partial charge in [0.1, 0.15) is 0 Å². The molecule has 2 rings (SSSR count). The van der Waals surface area contributed by atoms with E-state index in [-0.39, 0.29) is 6.29 Å². The van der Waals surface area contributed by atoms with Crippen molar-refractivity contribution in [2.75, 3.05) is 13.2 Å². The number of rotatable bonds is 4. The summed E-state index contributed by atoms with van der Waals surface area (Å²) in [6, 6.07) is 9.57. The molecule has 0 spiro atoms. The van der Waals surface area contributed by atoms with Crippen molar-refractivity contribution in [3.8, 4) is 6.07 Å². The van der Waals surface area contributed by atoms with Gasteiger partial charge in [-0.3, -0.25) is 0 Å². The Morgan fingerprint density at radius 2 is 2.17 bits per heavy atom. The van der Waals surface area contributed by atoms with Gasteiger partial charge in [-0.05, 0) is 37.0 Å². The first kappa shape index (κ1) is 12.8. The maximum absolute atomic E-state index is 8.68. The molecule has 0 amide bonds. The van der Waals surface area contributed by atoms with Crippen LogP contribution < -0.4 is 0 Å². The summed E-state index contributed by atoms with van der Waals surface area (Å²) in [6.45, 7) is 1.37. The van der Waals surface area contributed by atoms with Crippen LogP contribution in [0.5, 0.6) is 0 Å². The summed E-state index contributed by atoms with van der Waals surface area (Å²) in [5.41, 5.74) is 1.75. The molecule has 0 aromatic heterocycles. The second-order valence-corrected chi connectivity index (χ2v) is 4.27. The molecular weight excluding hydrogens is 226 g/mol. The molecule has 1 aromatic carbocycles. The van der Waals surface area contributed by atoms with E-state index in [9.17, 15) is 0 Å². The van der Waals surface area contributed by atoms with Crippen molar-refractivity contribution >= 4 is 6.08 Å². The van der Waals surface area contributed by atoms with Crippen LogP contribution >= 0.6 is 0 Å². The second kappa shape index (κ2) is 6.95. The van der Waals surface area contributed by atoms with Gasteiger partial charge in [0, 0.05) is 6.61 Å². The molecule has 0 saturated carbocycles. The normalized spacial score (nSPS) is 19.8. The average Bonchev–Trinajstić information content (AvgIpc) is 2.45. The van der Waals surface area contributed by atoms with Crippen LogP contribution in [0, 0.1) is 11.3 Å². The minimum absolute atomic E-state index is 0.0376. The van der Waals surface area contributed by atoms with Gasteiger partial charge in [-0.2, -0.15) is 5.26 Å². The molecule has 3 nitrogen and oxygen atoms in total. The molecule has 0 radical (unpaired) electrons. The molecule has 1 unspecified atom stereocenters. The van der Waals surface area contributed by atoms with E-state index in [0.717, 1.165) is 25.0 Å². The first-order chi connectivity index (χ1) is 8.88. The summed E-state index contributed by atoms with van der Waals surface area (Å²) in [7, 11) is 0. The molecular formula is C15H17NO2. The van der Waals surface area contributed by atoms with Crippen LogP contribution in [0.15, 0.2) is 30.3 Å². The molecule has 1 aliphatic heterocycles. The SMILES string of the molecule is N#Cc1ccc(/C=C/COC2CCCCO2)cc1. The van der Waals surface area contributed by atoms with Crippen LogP contribution in [0.1, 0.15) is 30.4 Å². The maximum atomic E-state index is 8.68. The zero-order valence-corrected chi connectivity index (χ0v) is 10.3. The second-order valence-electron chi connectivity index (χ2n) is 4.27. The van der Waals surface area contributed by atoms with E-state index in [0.29, 0.717) is 12.2 Å². The molecule has 18 heavy (non-hydrogen) atoms. The monoisotopic (exact) mass is 243 g/mol. The molecule has 3 heteroatoms. The summed E-state index contributed by atoms with van der Waals surface area (Å²) in [5.74, 6) is 0. The predicted molar refractivity (Wildman–Crippen MR) is 69.7 cm³/mol. The number of nitriles is 1. The van der Waals surface area contributed by atoms with E-state index >= 15 is 0 Å². The molecule has 1 aromatic rings. The average molecular weight is 243 g/mol. The van der Waals surface area contributed by atoms with Crippen molar-refractivity contribution in [3.63, 3.8) is 0 Å². The quantitative estimate of drug-likeness (QED) is 0.816. The van der Waals surface area contributed by atoms with Gasteiger partial charge in [0.2, 0.25) is 0 Å². The fourth-order valence-corrected chi connectivity index (χ4v) is 1.86. The lowest BCUT2D eigenvalue weighted by molar-refractivity contribution is -0.155. The molecule has 1 atom stereocenters. The number of ether oxygens (including phenoxy) is 2. The first-order valence-corrected chi connectivity index (χ1v) is 6.28. The number of hydrogen-bond donors (Lipinski definition) is 0. The topological polar surface area (TPSA) is 42.2 Å². The third-order valence-electron chi connectivity index (χ3n) is 2.87. The van der Waals surface area contributed by atoms with Gasteiger partial charge in [-0.1, -0.05) is 24.3 Å². The summed E-state index contributed by atoms with van der Waals surface area (Å²) < 4.78 is 11.1. The Kier molecular flexibility index (Phi) is 4.95. The van der Waals surface area contributed by atoms with Crippen LogP contribution in [0.4, 0.5) is 0 Å². The van der Waals surface area contributed by atoms with Crippen LogP contribution in [-0.4, -0.2) is 19.5 Å². The molecule has 1 fully saturated rings. The van der Waals surface area contributed by atoms with E-state index < -0.39 is 0 Å². The standard InChI is InChI=1S/C15H17NO2/c16-12-14-8-6-13(7-9-14)4-3-11-18-15-5-1-2-10-17-15/h3-4,6-9,15H,1-2,5,10-11H2/b4-3+. The molecule has 1 aliphatic rings. The highest BCUT2D eigenvalue weighted by molar-refractivity contribution is 5.50. The van der Waals surface area contributed by atoms with Crippen molar-refractivity contribution < 1.29 is 9.47 Å². The minimum Gasteiger partial charge on any atom is -0.353 e. The van der Waals surface area contributed by atoms with Crippen molar-refractivity contribution in [3.05, 3.63) is 41.5 Å². The maximum Gasteiger partial charge on any atom is 0.157 e. The molecule has 1 heterocycles. The highest BCUT2D eigenvalue weighted by atomic mass is 16.7. The fraction of sp³-hybridized carbons (Fsp3) is 0.400. The Morgan fingerprint density at radius 3 is 2.83 bits per heavy atom. The van der Waals surface area contributed by atoms with Crippen LogP contribution in [0.25, 0.3) is 6.08 Å². The highest BCUT2D eigenvalue weighted by Crippen LogP contribution is 2.13. The van der Waals surface area contributed by atoms with Crippen molar-refractivity contribution in [1.82, 2.24) is 0 Å².